The van der Waals surface area contributed by atoms with Gasteiger partial charge in [0.15, 0.2) is 0 Å². The molecule has 0 fully saturated rings. The molecule has 1 aromatic heterocycles. The van der Waals surface area contributed by atoms with Crippen molar-refractivity contribution in [3.8, 4) is 6.07 Å². The van der Waals surface area contributed by atoms with Gasteiger partial charge in [0.2, 0.25) is 0 Å². The van der Waals surface area contributed by atoms with Crippen molar-refractivity contribution in [2.45, 2.75) is 12.7 Å². The minimum atomic E-state index is -4.51. The Labute approximate surface area is 139 Å². The Morgan fingerprint density at radius 3 is 2.48 bits per heavy atom. The zero-order valence-corrected chi connectivity index (χ0v) is 14.3. The second kappa shape index (κ2) is 6.38. The Balaban J connectivity index is 2.25. The number of nitriles is 1. The molecule has 0 aliphatic rings. The molecule has 2 rings (SSSR count). The molecule has 0 saturated carbocycles. The highest BCUT2D eigenvalue weighted by Crippen LogP contribution is 2.37. The topological polar surface area (TPSA) is 35.8 Å². The SMILES string of the molecule is N#Cc1ccc(NCc2cc(Br)c(Br)s2)c(C(F)(F)F)c1. The van der Waals surface area contributed by atoms with Crippen LogP contribution in [0.5, 0.6) is 0 Å². The number of nitrogens with zero attached hydrogens (tertiary/aromatic N) is 1. The number of anilines is 1. The summed E-state index contributed by atoms with van der Waals surface area (Å²) in [6.45, 7) is 0.268. The highest BCUT2D eigenvalue weighted by Gasteiger charge is 2.33. The highest BCUT2D eigenvalue weighted by molar-refractivity contribution is 9.13. The molecule has 2 nitrogen and oxygen atoms in total. The fraction of sp³-hybridized carbons (Fsp3) is 0.154. The van der Waals surface area contributed by atoms with Crippen molar-refractivity contribution in [1.29, 1.82) is 5.26 Å². The molecule has 0 unspecified atom stereocenters. The molecule has 8 heteroatoms. The second-order valence-corrected chi connectivity index (χ2v) is 7.37. The third kappa shape index (κ3) is 3.99. The van der Waals surface area contributed by atoms with E-state index in [0.29, 0.717) is 0 Å². The van der Waals surface area contributed by atoms with E-state index in [0.717, 1.165) is 19.2 Å². The van der Waals surface area contributed by atoms with Gasteiger partial charge in [-0.1, -0.05) is 0 Å². The monoisotopic (exact) mass is 438 g/mol. The van der Waals surface area contributed by atoms with Crippen molar-refractivity contribution in [1.82, 2.24) is 0 Å². The lowest BCUT2D eigenvalue weighted by Gasteiger charge is -2.14. The molecule has 2 aromatic rings. The first-order valence-electron chi connectivity index (χ1n) is 5.60. The van der Waals surface area contributed by atoms with Gasteiger partial charge in [-0.15, -0.1) is 11.3 Å². The van der Waals surface area contributed by atoms with E-state index in [1.54, 1.807) is 6.07 Å². The summed E-state index contributed by atoms with van der Waals surface area (Å²) < 4.78 is 40.7. The normalized spacial score (nSPS) is 11.2. The van der Waals surface area contributed by atoms with E-state index in [9.17, 15) is 13.2 Å². The largest absolute Gasteiger partial charge is 0.418 e. The van der Waals surface area contributed by atoms with Crippen LogP contribution in [0.1, 0.15) is 16.0 Å². The predicted octanol–water partition coefficient (Wildman–Crippen LogP) is 5.78. The molecule has 1 N–H and O–H groups in total. The van der Waals surface area contributed by atoms with E-state index < -0.39 is 11.7 Å². The van der Waals surface area contributed by atoms with Crippen molar-refractivity contribution < 1.29 is 13.2 Å². The van der Waals surface area contributed by atoms with Gasteiger partial charge in [0.1, 0.15) is 0 Å². The number of rotatable bonds is 3. The zero-order chi connectivity index (χ0) is 15.6. The smallest absolute Gasteiger partial charge is 0.380 e. The minimum absolute atomic E-state index is 0.0190. The lowest BCUT2D eigenvalue weighted by Crippen LogP contribution is -2.11. The summed E-state index contributed by atoms with van der Waals surface area (Å²) in [4.78, 5) is 0.881. The third-order valence-corrected chi connectivity index (χ3v) is 5.86. The fourth-order valence-electron chi connectivity index (χ4n) is 1.66. The maximum Gasteiger partial charge on any atom is 0.418 e. The third-order valence-electron chi connectivity index (χ3n) is 2.60. The van der Waals surface area contributed by atoms with Crippen LogP contribution >= 0.6 is 43.2 Å². The minimum Gasteiger partial charge on any atom is -0.380 e. The molecule has 0 aliphatic heterocycles. The van der Waals surface area contributed by atoms with Gasteiger partial charge >= 0.3 is 6.18 Å². The van der Waals surface area contributed by atoms with Gasteiger partial charge in [0, 0.05) is 21.6 Å². The van der Waals surface area contributed by atoms with Gasteiger partial charge in [-0.2, -0.15) is 18.4 Å². The van der Waals surface area contributed by atoms with Crippen molar-refractivity contribution in [3.63, 3.8) is 0 Å². The molecule has 0 radical (unpaired) electrons. The Morgan fingerprint density at radius 1 is 1.24 bits per heavy atom. The highest BCUT2D eigenvalue weighted by atomic mass is 79.9. The quantitative estimate of drug-likeness (QED) is 0.658. The molecule has 1 heterocycles. The summed E-state index contributed by atoms with van der Waals surface area (Å²) in [7, 11) is 0. The Kier molecular flexibility index (Phi) is 4.96. The lowest BCUT2D eigenvalue weighted by atomic mass is 10.1. The number of alkyl halides is 3. The summed E-state index contributed by atoms with van der Waals surface area (Å²) in [5.74, 6) is 0. The van der Waals surface area contributed by atoms with Gasteiger partial charge < -0.3 is 5.32 Å². The Bertz CT molecular complexity index is 685. The van der Waals surface area contributed by atoms with Crippen LogP contribution in [-0.2, 0) is 12.7 Å². The number of nitrogens with one attached hydrogen (secondary N) is 1. The fourth-order valence-corrected chi connectivity index (χ4v) is 3.78. The van der Waals surface area contributed by atoms with Crippen LogP contribution in [0.15, 0.2) is 32.5 Å². The maximum atomic E-state index is 13.0. The van der Waals surface area contributed by atoms with Gasteiger partial charge in [0.25, 0.3) is 0 Å². The second-order valence-electron chi connectivity index (χ2n) is 4.06. The Morgan fingerprint density at radius 2 is 1.95 bits per heavy atom. The van der Waals surface area contributed by atoms with Crippen molar-refractivity contribution >= 4 is 48.9 Å². The maximum absolute atomic E-state index is 13.0. The van der Waals surface area contributed by atoms with E-state index in [2.05, 4.69) is 37.2 Å². The van der Waals surface area contributed by atoms with Gasteiger partial charge in [0.05, 0.1) is 21.0 Å². The standard InChI is InChI=1S/C13H7Br2F3N2S/c14-10-4-8(21-12(10)15)6-20-11-2-1-7(5-19)3-9(11)13(16,17)18/h1-4,20H,6H2. The molecule has 0 aliphatic carbocycles. The van der Waals surface area contributed by atoms with E-state index in [1.165, 1.54) is 23.5 Å². The summed E-state index contributed by atoms with van der Waals surface area (Å²) in [5, 5.41) is 11.5. The van der Waals surface area contributed by atoms with E-state index in [4.69, 9.17) is 5.26 Å². The molecule has 1 aromatic carbocycles. The number of halogens is 5. The molecule has 0 spiro atoms. The van der Waals surface area contributed by atoms with Crippen LogP contribution in [0, 0.1) is 11.3 Å². The molecular weight excluding hydrogens is 433 g/mol. The summed E-state index contributed by atoms with van der Waals surface area (Å²) in [6.07, 6.45) is -4.51. The van der Waals surface area contributed by atoms with Crippen LogP contribution in [0.2, 0.25) is 0 Å². The number of thiophene rings is 1. The average molecular weight is 440 g/mol. The van der Waals surface area contributed by atoms with Crippen LogP contribution in [-0.4, -0.2) is 0 Å². The van der Waals surface area contributed by atoms with Crippen LogP contribution < -0.4 is 5.32 Å². The summed E-state index contributed by atoms with van der Waals surface area (Å²) >= 11 is 8.09. The average Bonchev–Trinajstić information content (AvgIpc) is 2.74. The van der Waals surface area contributed by atoms with Crippen LogP contribution in [0.3, 0.4) is 0 Å². The van der Waals surface area contributed by atoms with Gasteiger partial charge in [-0.3, -0.25) is 0 Å². The first-order chi connectivity index (χ1) is 9.81. The molecule has 0 atom stereocenters. The first-order valence-corrected chi connectivity index (χ1v) is 8.00. The van der Waals surface area contributed by atoms with E-state index in [-0.39, 0.29) is 17.8 Å². The lowest BCUT2D eigenvalue weighted by molar-refractivity contribution is -0.137. The first kappa shape index (κ1) is 16.3. The molecule has 0 saturated heterocycles. The molecule has 0 amide bonds. The predicted molar refractivity (Wildman–Crippen MR) is 83.2 cm³/mol. The summed E-state index contributed by atoms with van der Waals surface area (Å²) in [6, 6.07) is 7.03. The van der Waals surface area contributed by atoms with E-state index in [1.807, 2.05) is 6.07 Å². The Hall–Kier alpha value is -1.04. The zero-order valence-electron chi connectivity index (χ0n) is 10.3. The molecule has 21 heavy (non-hydrogen) atoms. The van der Waals surface area contributed by atoms with Crippen molar-refractivity contribution in [2.75, 3.05) is 5.32 Å². The summed E-state index contributed by atoms with van der Waals surface area (Å²) in [5.41, 5.74) is -0.895. The van der Waals surface area contributed by atoms with Crippen molar-refractivity contribution in [2.24, 2.45) is 0 Å². The molecule has 0 bridgehead atoms. The number of benzene rings is 1. The molecular formula is C13H7Br2F3N2S. The van der Waals surface area contributed by atoms with Crippen LogP contribution in [0.4, 0.5) is 18.9 Å². The van der Waals surface area contributed by atoms with Gasteiger partial charge in [-0.25, -0.2) is 0 Å². The number of hydrogen-bond acceptors (Lipinski definition) is 3. The van der Waals surface area contributed by atoms with E-state index >= 15 is 0 Å². The van der Waals surface area contributed by atoms with Gasteiger partial charge in [-0.05, 0) is 56.1 Å². The number of hydrogen-bond donors (Lipinski definition) is 1. The van der Waals surface area contributed by atoms with Crippen molar-refractivity contribution in [3.05, 3.63) is 48.5 Å². The van der Waals surface area contributed by atoms with Crippen LogP contribution in [0.25, 0.3) is 0 Å². The molecule has 110 valence electrons.